The fourth-order valence-corrected chi connectivity index (χ4v) is 1.75. The Labute approximate surface area is 101 Å². The van der Waals surface area contributed by atoms with Crippen LogP contribution < -0.4 is 5.73 Å². The molecule has 0 bridgehead atoms. The quantitative estimate of drug-likeness (QED) is 0.892. The number of hydrogen-bond donors (Lipinski definition) is 2. The third-order valence-corrected chi connectivity index (χ3v) is 3.26. The Bertz CT molecular complexity index is 481. The number of aromatic amines is 1. The largest absolute Gasteiger partial charge is 0.341 e. The van der Waals surface area contributed by atoms with Gasteiger partial charge in [0.15, 0.2) is 0 Å². The van der Waals surface area contributed by atoms with E-state index < -0.39 is 0 Å². The Morgan fingerprint density at radius 1 is 1.47 bits per heavy atom. The third-order valence-electron chi connectivity index (χ3n) is 2.04. The molecule has 2 aromatic rings. The van der Waals surface area contributed by atoms with E-state index in [9.17, 15) is 0 Å². The zero-order chi connectivity index (χ0) is 10.8. The van der Waals surface area contributed by atoms with E-state index in [2.05, 4.69) is 25.9 Å². The van der Waals surface area contributed by atoms with Crippen LogP contribution in [0.3, 0.4) is 0 Å². The predicted molar refractivity (Wildman–Crippen MR) is 64.6 cm³/mol. The summed E-state index contributed by atoms with van der Waals surface area (Å²) in [6.45, 7) is 0.460. The van der Waals surface area contributed by atoms with Crippen molar-refractivity contribution in [1.82, 2.24) is 9.97 Å². The van der Waals surface area contributed by atoms with Crippen molar-refractivity contribution in [3.05, 3.63) is 39.6 Å². The highest BCUT2D eigenvalue weighted by molar-refractivity contribution is 9.10. The molecule has 0 spiro atoms. The number of imidazole rings is 1. The lowest BCUT2D eigenvalue weighted by Gasteiger charge is -1.99. The molecule has 2 rings (SSSR count). The SMILES string of the molecule is NCc1cnc(-c2ccc(Cl)c(Br)c2)[nH]1. The Kier molecular flexibility index (Phi) is 3.09. The van der Waals surface area contributed by atoms with Gasteiger partial charge in [-0.2, -0.15) is 0 Å². The van der Waals surface area contributed by atoms with Gasteiger partial charge in [0.1, 0.15) is 5.82 Å². The van der Waals surface area contributed by atoms with Crippen molar-refractivity contribution in [2.75, 3.05) is 0 Å². The molecule has 0 amide bonds. The number of benzene rings is 1. The van der Waals surface area contributed by atoms with E-state index in [0.29, 0.717) is 11.6 Å². The second-order valence-corrected chi connectivity index (χ2v) is 4.35. The summed E-state index contributed by atoms with van der Waals surface area (Å²) < 4.78 is 0.854. The monoisotopic (exact) mass is 285 g/mol. The van der Waals surface area contributed by atoms with Crippen LogP contribution in [0, 0.1) is 0 Å². The van der Waals surface area contributed by atoms with Gasteiger partial charge in [0, 0.05) is 28.5 Å². The lowest BCUT2D eigenvalue weighted by Crippen LogP contribution is -1.95. The molecule has 0 aliphatic heterocycles. The number of hydrogen-bond acceptors (Lipinski definition) is 2. The van der Waals surface area contributed by atoms with Crippen molar-refractivity contribution in [2.45, 2.75) is 6.54 Å². The smallest absolute Gasteiger partial charge is 0.137 e. The van der Waals surface area contributed by atoms with E-state index >= 15 is 0 Å². The lowest BCUT2D eigenvalue weighted by atomic mass is 10.2. The molecule has 1 aromatic carbocycles. The van der Waals surface area contributed by atoms with Gasteiger partial charge < -0.3 is 10.7 Å². The van der Waals surface area contributed by atoms with Gasteiger partial charge in [-0.05, 0) is 34.1 Å². The molecule has 1 aromatic heterocycles. The van der Waals surface area contributed by atoms with Gasteiger partial charge in [0.25, 0.3) is 0 Å². The molecule has 0 saturated heterocycles. The van der Waals surface area contributed by atoms with Crippen LogP contribution in [0.2, 0.25) is 5.02 Å². The molecule has 3 nitrogen and oxygen atoms in total. The van der Waals surface area contributed by atoms with Gasteiger partial charge in [-0.25, -0.2) is 4.98 Å². The second-order valence-electron chi connectivity index (χ2n) is 3.09. The summed E-state index contributed by atoms with van der Waals surface area (Å²) in [5, 5.41) is 0.685. The molecule has 78 valence electrons. The number of aromatic nitrogens is 2. The molecule has 1 heterocycles. The van der Waals surface area contributed by atoms with Crippen LogP contribution in [0.15, 0.2) is 28.9 Å². The maximum Gasteiger partial charge on any atom is 0.137 e. The highest BCUT2D eigenvalue weighted by atomic mass is 79.9. The average molecular weight is 287 g/mol. The fourth-order valence-electron chi connectivity index (χ4n) is 1.25. The topological polar surface area (TPSA) is 54.7 Å². The number of nitrogens with zero attached hydrogens (tertiary/aromatic N) is 1. The van der Waals surface area contributed by atoms with E-state index in [4.69, 9.17) is 17.3 Å². The predicted octanol–water partition coefficient (Wildman–Crippen LogP) is 2.95. The molecule has 3 N–H and O–H groups in total. The number of nitrogens with one attached hydrogen (secondary N) is 1. The van der Waals surface area contributed by atoms with Crippen molar-refractivity contribution in [3.8, 4) is 11.4 Å². The summed E-state index contributed by atoms with van der Waals surface area (Å²) in [6, 6.07) is 5.65. The molecule has 0 unspecified atom stereocenters. The molecule has 0 atom stereocenters. The zero-order valence-electron chi connectivity index (χ0n) is 7.80. The molecule has 0 radical (unpaired) electrons. The maximum absolute atomic E-state index is 5.90. The van der Waals surface area contributed by atoms with E-state index in [-0.39, 0.29) is 0 Å². The van der Waals surface area contributed by atoms with Crippen LogP contribution in [0.5, 0.6) is 0 Å². The summed E-state index contributed by atoms with van der Waals surface area (Å²) in [5.41, 5.74) is 7.38. The van der Waals surface area contributed by atoms with Crippen LogP contribution in [-0.4, -0.2) is 9.97 Å². The van der Waals surface area contributed by atoms with E-state index in [1.807, 2.05) is 18.2 Å². The minimum absolute atomic E-state index is 0.460. The first-order chi connectivity index (χ1) is 7.20. The van der Waals surface area contributed by atoms with Crippen molar-refractivity contribution < 1.29 is 0 Å². The first-order valence-corrected chi connectivity index (χ1v) is 5.57. The lowest BCUT2D eigenvalue weighted by molar-refractivity contribution is 1.01. The summed E-state index contributed by atoms with van der Waals surface area (Å²) in [4.78, 5) is 7.35. The van der Waals surface area contributed by atoms with E-state index in [1.165, 1.54) is 0 Å². The molecular weight excluding hydrogens is 277 g/mol. The van der Waals surface area contributed by atoms with Crippen LogP contribution in [0.4, 0.5) is 0 Å². The van der Waals surface area contributed by atoms with Gasteiger partial charge >= 0.3 is 0 Å². The second kappa shape index (κ2) is 4.35. The maximum atomic E-state index is 5.90. The van der Waals surface area contributed by atoms with Crippen LogP contribution >= 0.6 is 27.5 Å². The van der Waals surface area contributed by atoms with Crippen LogP contribution in [0.1, 0.15) is 5.69 Å². The fraction of sp³-hybridized carbons (Fsp3) is 0.100. The Morgan fingerprint density at radius 2 is 2.27 bits per heavy atom. The van der Waals surface area contributed by atoms with Gasteiger partial charge in [0.05, 0.1) is 5.02 Å². The highest BCUT2D eigenvalue weighted by Crippen LogP contribution is 2.27. The van der Waals surface area contributed by atoms with Gasteiger partial charge in [0.2, 0.25) is 0 Å². The molecule has 0 fully saturated rings. The number of halogens is 2. The van der Waals surface area contributed by atoms with Crippen LogP contribution in [-0.2, 0) is 6.54 Å². The van der Waals surface area contributed by atoms with Crippen molar-refractivity contribution in [3.63, 3.8) is 0 Å². The number of rotatable bonds is 2. The van der Waals surface area contributed by atoms with Gasteiger partial charge in [-0.1, -0.05) is 11.6 Å². The summed E-state index contributed by atoms with van der Waals surface area (Å²) in [7, 11) is 0. The minimum Gasteiger partial charge on any atom is -0.341 e. The molecule has 5 heteroatoms. The first-order valence-electron chi connectivity index (χ1n) is 4.40. The Balaban J connectivity index is 2.40. The molecule has 15 heavy (non-hydrogen) atoms. The zero-order valence-corrected chi connectivity index (χ0v) is 10.1. The van der Waals surface area contributed by atoms with Crippen molar-refractivity contribution in [1.29, 1.82) is 0 Å². The Hall–Kier alpha value is -0.840. The van der Waals surface area contributed by atoms with Crippen LogP contribution in [0.25, 0.3) is 11.4 Å². The molecule has 0 aliphatic rings. The van der Waals surface area contributed by atoms with Gasteiger partial charge in [-0.15, -0.1) is 0 Å². The Morgan fingerprint density at radius 3 is 2.87 bits per heavy atom. The number of H-pyrrole nitrogens is 1. The molecule has 0 saturated carbocycles. The summed E-state index contributed by atoms with van der Waals surface area (Å²) in [5.74, 6) is 0.799. The third kappa shape index (κ3) is 2.22. The average Bonchev–Trinajstić information content (AvgIpc) is 2.70. The van der Waals surface area contributed by atoms with E-state index in [1.54, 1.807) is 6.20 Å². The summed E-state index contributed by atoms with van der Waals surface area (Å²) >= 11 is 9.27. The summed E-state index contributed by atoms with van der Waals surface area (Å²) in [6.07, 6.45) is 1.73. The number of nitrogens with two attached hydrogens (primary N) is 1. The molecular formula is C10H9BrClN3. The normalized spacial score (nSPS) is 10.6. The first kappa shape index (κ1) is 10.7. The highest BCUT2D eigenvalue weighted by Gasteiger charge is 2.04. The molecule has 0 aliphatic carbocycles. The van der Waals surface area contributed by atoms with Crippen molar-refractivity contribution >= 4 is 27.5 Å². The minimum atomic E-state index is 0.460. The standard InChI is InChI=1S/C10H9BrClN3/c11-8-3-6(1-2-9(8)12)10-14-5-7(4-13)15-10/h1-3,5H,4,13H2,(H,14,15). The van der Waals surface area contributed by atoms with Crippen molar-refractivity contribution in [2.24, 2.45) is 5.73 Å². The van der Waals surface area contributed by atoms with E-state index in [0.717, 1.165) is 21.6 Å². The van der Waals surface area contributed by atoms with Gasteiger partial charge in [-0.3, -0.25) is 0 Å².